The number of carbonyl (C=O) groups is 1. The van der Waals surface area contributed by atoms with Crippen LogP contribution in [0.4, 0.5) is 14.9 Å². The lowest BCUT2D eigenvalue weighted by atomic mass is 10.1. The Bertz CT molecular complexity index is 1020. The van der Waals surface area contributed by atoms with Gasteiger partial charge < -0.3 is 5.32 Å². The average molecular weight is 349 g/mol. The molecule has 0 unspecified atom stereocenters. The van der Waals surface area contributed by atoms with Gasteiger partial charge in [0.25, 0.3) is 5.24 Å². The van der Waals surface area contributed by atoms with E-state index >= 15 is 0 Å². The highest BCUT2D eigenvalue weighted by Crippen LogP contribution is 2.30. The van der Waals surface area contributed by atoms with Crippen LogP contribution in [0.25, 0.3) is 17.0 Å². The van der Waals surface area contributed by atoms with Gasteiger partial charge in [0, 0.05) is 17.1 Å². The standard InChI is InChI=1S/C19H12FN3OS/c20-14-6-8-15(9-7-14)22-18-16(25-19(24)23-18)11-13-4-1-3-12-5-2-10-21-17(12)13/h1-11H,(H,22,23,24). The third-order valence-corrected chi connectivity index (χ3v) is 4.49. The third kappa shape index (κ3) is 3.29. The van der Waals surface area contributed by atoms with Gasteiger partial charge in [-0.1, -0.05) is 24.3 Å². The maximum atomic E-state index is 13.0. The van der Waals surface area contributed by atoms with Crippen molar-refractivity contribution in [3.8, 4) is 0 Å². The summed E-state index contributed by atoms with van der Waals surface area (Å²) in [6.07, 6.45) is 3.63. The van der Waals surface area contributed by atoms with Crippen molar-refractivity contribution in [1.29, 1.82) is 0 Å². The summed E-state index contributed by atoms with van der Waals surface area (Å²) in [7, 11) is 0. The maximum Gasteiger partial charge on any atom is 0.289 e. The number of amides is 1. The first-order valence-electron chi connectivity index (χ1n) is 7.58. The Morgan fingerprint density at radius 2 is 1.88 bits per heavy atom. The molecule has 1 aliphatic rings. The normalized spacial score (nSPS) is 17.4. The number of para-hydroxylation sites is 1. The Hall–Kier alpha value is -2.99. The number of halogens is 1. The number of nitrogens with one attached hydrogen (secondary N) is 1. The van der Waals surface area contributed by atoms with Gasteiger partial charge in [0.05, 0.1) is 16.1 Å². The highest BCUT2D eigenvalue weighted by molar-refractivity contribution is 8.18. The van der Waals surface area contributed by atoms with Gasteiger partial charge in [-0.15, -0.1) is 0 Å². The van der Waals surface area contributed by atoms with Crippen molar-refractivity contribution in [3.05, 3.63) is 77.1 Å². The molecule has 3 aromatic rings. The molecule has 1 N–H and O–H groups in total. The van der Waals surface area contributed by atoms with Crippen LogP contribution in [-0.2, 0) is 0 Å². The van der Waals surface area contributed by atoms with E-state index in [0.717, 1.165) is 28.2 Å². The van der Waals surface area contributed by atoms with Crippen molar-refractivity contribution in [2.75, 3.05) is 0 Å². The fourth-order valence-corrected chi connectivity index (χ4v) is 3.27. The Morgan fingerprint density at radius 1 is 1.08 bits per heavy atom. The zero-order valence-corrected chi connectivity index (χ0v) is 13.8. The number of aromatic nitrogens is 1. The molecule has 4 rings (SSSR count). The van der Waals surface area contributed by atoms with Crippen LogP contribution in [0.5, 0.6) is 0 Å². The number of amidine groups is 1. The van der Waals surface area contributed by atoms with E-state index in [0.29, 0.717) is 16.4 Å². The molecule has 1 amide bonds. The second-order valence-electron chi connectivity index (χ2n) is 5.38. The van der Waals surface area contributed by atoms with Crippen LogP contribution in [0, 0.1) is 5.82 Å². The molecule has 0 bridgehead atoms. The molecule has 1 saturated heterocycles. The van der Waals surface area contributed by atoms with E-state index in [1.54, 1.807) is 18.3 Å². The molecular formula is C19H12FN3OS. The lowest BCUT2D eigenvalue weighted by molar-refractivity contribution is 0.265. The summed E-state index contributed by atoms with van der Waals surface area (Å²) in [5, 5.41) is 3.56. The van der Waals surface area contributed by atoms with Gasteiger partial charge in [-0.2, -0.15) is 0 Å². The van der Waals surface area contributed by atoms with E-state index in [2.05, 4.69) is 15.3 Å². The summed E-state index contributed by atoms with van der Waals surface area (Å²) in [6, 6.07) is 15.6. The highest BCUT2D eigenvalue weighted by Gasteiger charge is 2.23. The minimum atomic E-state index is -0.327. The highest BCUT2D eigenvalue weighted by atomic mass is 32.2. The van der Waals surface area contributed by atoms with Crippen LogP contribution in [0.15, 0.2) is 70.7 Å². The second kappa shape index (κ2) is 6.49. The summed E-state index contributed by atoms with van der Waals surface area (Å²) in [5.41, 5.74) is 2.34. The number of rotatable bonds is 2. The molecule has 122 valence electrons. The molecular weight excluding hydrogens is 337 g/mol. The first-order chi connectivity index (χ1) is 12.2. The van der Waals surface area contributed by atoms with Crippen molar-refractivity contribution in [2.45, 2.75) is 0 Å². The van der Waals surface area contributed by atoms with E-state index < -0.39 is 0 Å². The average Bonchev–Trinajstić information content (AvgIpc) is 2.96. The number of thioether (sulfide) groups is 1. The first-order valence-corrected chi connectivity index (χ1v) is 8.39. The monoisotopic (exact) mass is 349 g/mol. The first kappa shape index (κ1) is 15.5. The predicted molar refractivity (Wildman–Crippen MR) is 99.3 cm³/mol. The lowest BCUT2D eigenvalue weighted by Crippen LogP contribution is -2.18. The fraction of sp³-hybridized carbons (Fsp3) is 0. The minimum Gasteiger partial charge on any atom is -0.300 e. The Balaban J connectivity index is 1.77. The van der Waals surface area contributed by atoms with Crippen molar-refractivity contribution in [2.24, 2.45) is 4.99 Å². The van der Waals surface area contributed by atoms with Crippen LogP contribution >= 0.6 is 11.8 Å². The second-order valence-corrected chi connectivity index (χ2v) is 6.40. The molecule has 0 saturated carbocycles. The molecule has 2 aromatic carbocycles. The molecule has 25 heavy (non-hydrogen) atoms. The zero-order chi connectivity index (χ0) is 17.2. The van der Waals surface area contributed by atoms with Crippen molar-refractivity contribution in [3.63, 3.8) is 0 Å². The lowest BCUT2D eigenvalue weighted by Gasteiger charge is -2.03. The summed E-state index contributed by atoms with van der Waals surface area (Å²) in [6.45, 7) is 0. The molecule has 0 atom stereocenters. The topological polar surface area (TPSA) is 54.4 Å². The zero-order valence-electron chi connectivity index (χ0n) is 12.9. The molecule has 6 heteroatoms. The Morgan fingerprint density at radius 3 is 2.72 bits per heavy atom. The molecule has 1 aliphatic heterocycles. The van der Waals surface area contributed by atoms with E-state index in [4.69, 9.17) is 0 Å². The molecule has 1 aromatic heterocycles. The number of carbonyl (C=O) groups excluding carboxylic acids is 1. The van der Waals surface area contributed by atoms with Gasteiger partial charge in [-0.3, -0.25) is 9.78 Å². The van der Waals surface area contributed by atoms with Crippen LogP contribution in [-0.4, -0.2) is 16.1 Å². The van der Waals surface area contributed by atoms with E-state index in [-0.39, 0.29) is 11.1 Å². The van der Waals surface area contributed by atoms with E-state index in [9.17, 15) is 9.18 Å². The predicted octanol–water partition coefficient (Wildman–Crippen LogP) is 4.90. The Labute approximate surface area is 147 Å². The summed E-state index contributed by atoms with van der Waals surface area (Å²) in [4.78, 5) is 21.4. The fourth-order valence-electron chi connectivity index (χ4n) is 2.54. The van der Waals surface area contributed by atoms with Crippen LogP contribution in [0.1, 0.15) is 5.56 Å². The van der Waals surface area contributed by atoms with Gasteiger partial charge in [0.1, 0.15) is 11.7 Å². The van der Waals surface area contributed by atoms with Gasteiger partial charge >= 0.3 is 0 Å². The third-order valence-electron chi connectivity index (χ3n) is 3.67. The molecule has 2 heterocycles. The molecule has 0 spiro atoms. The molecule has 0 radical (unpaired) electrons. The van der Waals surface area contributed by atoms with Crippen molar-refractivity contribution in [1.82, 2.24) is 10.3 Å². The molecule has 4 nitrogen and oxygen atoms in total. The van der Waals surface area contributed by atoms with Crippen LogP contribution in [0.2, 0.25) is 0 Å². The van der Waals surface area contributed by atoms with Gasteiger partial charge in [0.2, 0.25) is 0 Å². The van der Waals surface area contributed by atoms with Crippen LogP contribution < -0.4 is 5.32 Å². The number of pyridine rings is 1. The Kier molecular flexibility index (Phi) is 4.03. The number of aliphatic imine (C=N–C) groups is 1. The minimum absolute atomic E-state index is 0.194. The number of nitrogens with zero attached hydrogens (tertiary/aromatic N) is 2. The SMILES string of the molecule is O=C1NC(=Nc2ccc(F)cc2)C(=Cc2cccc3cccnc23)S1. The van der Waals surface area contributed by atoms with E-state index in [1.807, 2.05) is 36.4 Å². The summed E-state index contributed by atoms with van der Waals surface area (Å²) < 4.78 is 13.0. The maximum absolute atomic E-state index is 13.0. The quantitative estimate of drug-likeness (QED) is 0.716. The smallest absolute Gasteiger partial charge is 0.289 e. The summed E-state index contributed by atoms with van der Waals surface area (Å²) >= 11 is 1.08. The van der Waals surface area contributed by atoms with Gasteiger partial charge in [0.15, 0.2) is 0 Å². The molecule has 0 aliphatic carbocycles. The number of benzene rings is 2. The summed E-state index contributed by atoms with van der Waals surface area (Å²) in [5.74, 6) is 0.126. The number of hydrogen-bond acceptors (Lipinski definition) is 4. The van der Waals surface area contributed by atoms with Crippen molar-refractivity contribution < 1.29 is 9.18 Å². The van der Waals surface area contributed by atoms with Crippen LogP contribution in [0.3, 0.4) is 0 Å². The molecule has 1 fully saturated rings. The van der Waals surface area contributed by atoms with Crippen molar-refractivity contribution >= 4 is 45.5 Å². The van der Waals surface area contributed by atoms with Gasteiger partial charge in [-0.25, -0.2) is 9.38 Å². The number of hydrogen-bond donors (Lipinski definition) is 1. The van der Waals surface area contributed by atoms with E-state index in [1.165, 1.54) is 12.1 Å². The van der Waals surface area contributed by atoms with Gasteiger partial charge in [-0.05, 0) is 48.2 Å². The number of fused-ring (bicyclic) bond motifs is 1. The largest absolute Gasteiger partial charge is 0.300 e.